The van der Waals surface area contributed by atoms with Crippen molar-refractivity contribution in [3.8, 4) is 0 Å². The molecule has 0 saturated carbocycles. The average Bonchev–Trinajstić information content (AvgIpc) is 3.06. The van der Waals surface area contributed by atoms with Crippen LogP contribution in [0.5, 0.6) is 0 Å². The van der Waals surface area contributed by atoms with Crippen LogP contribution in [0.1, 0.15) is 56.5 Å². The van der Waals surface area contributed by atoms with Gasteiger partial charge in [-0.1, -0.05) is 24.6 Å². The van der Waals surface area contributed by atoms with Crippen LogP contribution in [0.3, 0.4) is 0 Å². The highest BCUT2D eigenvalue weighted by Crippen LogP contribution is 2.24. The number of likely N-dealkylation sites (tertiary alicyclic amines) is 1. The number of halogens is 1. The Morgan fingerprint density at radius 2 is 1.86 bits per heavy atom. The summed E-state index contributed by atoms with van der Waals surface area (Å²) in [6.07, 6.45) is 6.25. The number of hydrogen-bond donors (Lipinski definition) is 1. The number of aryl methyl sites for hydroxylation is 2. The molecule has 7 nitrogen and oxygen atoms in total. The molecule has 3 heterocycles. The highest BCUT2D eigenvalue weighted by atomic mass is 19.1. The van der Waals surface area contributed by atoms with Crippen LogP contribution in [-0.4, -0.2) is 50.3 Å². The van der Waals surface area contributed by atoms with Crippen molar-refractivity contribution in [3.63, 3.8) is 0 Å². The van der Waals surface area contributed by atoms with E-state index in [0.717, 1.165) is 29.7 Å². The Balaban J connectivity index is 1.42. The van der Waals surface area contributed by atoms with E-state index in [1.54, 1.807) is 24.4 Å². The number of hydrogen-bond acceptors (Lipinski definition) is 4. The van der Waals surface area contributed by atoms with E-state index in [-0.39, 0.29) is 23.8 Å². The minimum absolute atomic E-state index is 0.123. The molecule has 0 bridgehead atoms. The molecule has 1 aliphatic rings. The second kappa shape index (κ2) is 10.7. The third kappa shape index (κ3) is 5.32. The SMILES string of the molecule is Cc1c2cnn(CC(=O)NCCCN3C(C)CCCC3C)c(=O)c2c(C)n1Cc1ccccc1F. The lowest BCUT2D eigenvalue weighted by Crippen LogP contribution is -2.45. The largest absolute Gasteiger partial charge is 0.354 e. The average molecular weight is 482 g/mol. The molecule has 1 saturated heterocycles. The van der Waals surface area contributed by atoms with Crippen LogP contribution in [0.15, 0.2) is 35.3 Å². The fourth-order valence-electron chi connectivity index (χ4n) is 5.39. The van der Waals surface area contributed by atoms with E-state index < -0.39 is 0 Å². The molecule has 3 aromatic rings. The molecule has 0 radical (unpaired) electrons. The normalized spacial score (nSPS) is 18.8. The van der Waals surface area contributed by atoms with Gasteiger partial charge in [0.15, 0.2) is 0 Å². The van der Waals surface area contributed by atoms with Crippen LogP contribution < -0.4 is 10.9 Å². The molecule has 1 aromatic carbocycles. The lowest BCUT2D eigenvalue weighted by atomic mass is 9.97. The summed E-state index contributed by atoms with van der Waals surface area (Å²) in [5.74, 6) is -0.501. The van der Waals surface area contributed by atoms with E-state index >= 15 is 0 Å². The summed E-state index contributed by atoms with van der Waals surface area (Å²) in [5, 5.41) is 8.44. The first-order chi connectivity index (χ1) is 16.8. The monoisotopic (exact) mass is 481 g/mol. The van der Waals surface area contributed by atoms with Gasteiger partial charge < -0.3 is 9.88 Å². The number of rotatable bonds is 8. The van der Waals surface area contributed by atoms with Crippen molar-refractivity contribution in [2.24, 2.45) is 0 Å². The second-order valence-corrected chi connectivity index (χ2v) is 9.81. The van der Waals surface area contributed by atoms with Crippen LogP contribution >= 0.6 is 0 Å². The molecule has 1 aliphatic heterocycles. The maximum Gasteiger partial charge on any atom is 0.276 e. The Kier molecular flexibility index (Phi) is 7.69. The van der Waals surface area contributed by atoms with Gasteiger partial charge in [-0.15, -0.1) is 0 Å². The van der Waals surface area contributed by atoms with Gasteiger partial charge in [-0.25, -0.2) is 9.07 Å². The fraction of sp³-hybridized carbons (Fsp3) is 0.519. The highest BCUT2D eigenvalue weighted by molar-refractivity contribution is 5.87. The Morgan fingerprint density at radius 3 is 2.57 bits per heavy atom. The minimum atomic E-state index is -0.304. The van der Waals surface area contributed by atoms with Gasteiger partial charge in [-0.3, -0.25) is 14.5 Å². The van der Waals surface area contributed by atoms with Crippen molar-refractivity contribution in [2.75, 3.05) is 13.1 Å². The van der Waals surface area contributed by atoms with E-state index in [1.807, 2.05) is 18.4 Å². The van der Waals surface area contributed by atoms with Gasteiger partial charge in [0.25, 0.3) is 5.56 Å². The summed E-state index contributed by atoms with van der Waals surface area (Å²) in [5.41, 5.74) is 1.84. The van der Waals surface area contributed by atoms with Crippen LogP contribution in [0.25, 0.3) is 10.8 Å². The van der Waals surface area contributed by atoms with Crippen molar-refractivity contribution in [3.05, 3.63) is 63.6 Å². The summed E-state index contributed by atoms with van der Waals surface area (Å²) in [6.45, 7) is 10.0. The Labute approximate surface area is 205 Å². The summed E-state index contributed by atoms with van der Waals surface area (Å²) in [7, 11) is 0. The number of nitrogens with zero attached hydrogens (tertiary/aromatic N) is 4. The molecular weight excluding hydrogens is 445 g/mol. The van der Waals surface area contributed by atoms with E-state index in [4.69, 9.17) is 0 Å². The van der Waals surface area contributed by atoms with E-state index in [2.05, 4.69) is 29.2 Å². The molecule has 2 aromatic heterocycles. The zero-order valence-electron chi connectivity index (χ0n) is 21.2. The number of amides is 1. The van der Waals surface area contributed by atoms with Crippen LogP contribution in [0, 0.1) is 19.7 Å². The standard InChI is InChI=1S/C27H36FN5O2/c1-18-9-7-10-19(2)31(18)14-8-13-29-25(34)17-33-27(35)26-21(4)32(20(3)23(26)15-30-33)16-22-11-5-6-12-24(22)28/h5-6,11-12,15,18-19H,7-10,13-14,16-17H2,1-4H3,(H,29,34). The zero-order chi connectivity index (χ0) is 25.1. The molecule has 0 aliphatic carbocycles. The number of nitrogens with one attached hydrogen (secondary N) is 1. The van der Waals surface area contributed by atoms with Gasteiger partial charge in [0.1, 0.15) is 12.4 Å². The van der Waals surface area contributed by atoms with Gasteiger partial charge in [-0.05, 0) is 53.0 Å². The lowest BCUT2D eigenvalue weighted by Gasteiger charge is -2.39. The molecule has 2 unspecified atom stereocenters. The number of benzene rings is 1. The van der Waals surface area contributed by atoms with Crippen LogP contribution in [0.4, 0.5) is 4.39 Å². The van der Waals surface area contributed by atoms with E-state index in [9.17, 15) is 14.0 Å². The number of carbonyl (C=O) groups excluding carboxylic acids is 1. The number of aromatic nitrogens is 3. The van der Waals surface area contributed by atoms with Crippen molar-refractivity contribution in [2.45, 2.75) is 78.6 Å². The zero-order valence-corrected chi connectivity index (χ0v) is 21.2. The number of fused-ring (bicyclic) bond motifs is 1. The topological polar surface area (TPSA) is 72.2 Å². The Bertz CT molecular complexity index is 1250. The van der Waals surface area contributed by atoms with E-state index in [1.165, 1.54) is 30.0 Å². The van der Waals surface area contributed by atoms with E-state index in [0.29, 0.717) is 36.1 Å². The first-order valence-electron chi connectivity index (χ1n) is 12.6. The molecule has 188 valence electrons. The summed E-state index contributed by atoms with van der Waals surface area (Å²) in [6, 6.07) is 7.80. The van der Waals surface area contributed by atoms with Crippen LogP contribution in [0.2, 0.25) is 0 Å². The molecule has 4 rings (SSSR count). The molecule has 2 atom stereocenters. The number of carbonyl (C=O) groups is 1. The third-order valence-electron chi connectivity index (χ3n) is 7.48. The first kappa shape index (κ1) is 25.1. The highest BCUT2D eigenvalue weighted by Gasteiger charge is 2.24. The van der Waals surface area contributed by atoms with Gasteiger partial charge in [0, 0.05) is 47.5 Å². The Morgan fingerprint density at radius 1 is 1.14 bits per heavy atom. The molecule has 1 N–H and O–H groups in total. The Hall–Kier alpha value is -3.00. The molecular formula is C27H36FN5O2. The van der Waals surface area contributed by atoms with Crippen molar-refractivity contribution >= 4 is 16.7 Å². The second-order valence-electron chi connectivity index (χ2n) is 9.81. The molecule has 35 heavy (non-hydrogen) atoms. The lowest BCUT2D eigenvalue weighted by molar-refractivity contribution is -0.121. The quantitative estimate of drug-likeness (QED) is 0.497. The smallest absolute Gasteiger partial charge is 0.276 e. The molecule has 8 heteroatoms. The van der Waals surface area contributed by atoms with Gasteiger partial charge in [0.05, 0.1) is 18.1 Å². The van der Waals surface area contributed by atoms with Gasteiger partial charge >= 0.3 is 0 Å². The number of piperidine rings is 1. The van der Waals surface area contributed by atoms with Crippen molar-refractivity contribution in [1.82, 2.24) is 24.6 Å². The van der Waals surface area contributed by atoms with Gasteiger partial charge in [0.2, 0.25) is 5.91 Å². The predicted molar refractivity (Wildman–Crippen MR) is 136 cm³/mol. The maximum atomic E-state index is 14.2. The molecule has 0 spiro atoms. The molecule has 1 fully saturated rings. The van der Waals surface area contributed by atoms with Crippen molar-refractivity contribution in [1.29, 1.82) is 0 Å². The fourth-order valence-corrected chi connectivity index (χ4v) is 5.39. The summed E-state index contributed by atoms with van der Waals surface area (Å²) < 4.78 is 17.4. The minimum Gasteiger partial charge on any atom is -0.354 e. The maximum absolute atomic E-state index is 14.2. The third-order valence-corrected chi connectivity index (χ3v) is 7.48. The predicted octanol–water partition coefficient (Wildman–Crippen LogP) is 3.77. The van der Waals surface area contributed by atoms with Crippen molar-refractivity contribution < 1.29 is 9.18 Å². The molecule has 1 amide bonds. The first-order valence-corrected chi connectivity index (χ1v) is 12.6. The summed E-state index contributed by atoms with van der Waals surface area (Å²) in [4.78, 5) is 28.3. The summed E-state index contributed by atoms with van der Waals surface area (Å²) >= 11 is 0. The van der Waals surface area contributed by atoms with Crippen LogP contribution in [-0.2, 0) is 17.9 Å². The van der Waals surface area contributed by atoms with Gasteiger partial charge in [-0.2, -0.15) is 5.10 Å².